The second-order valence-electron chi connectivity index (χ2n) is 3.30. The number of aliphatic hydroxyl groups is 1. The van der Waals surface area contributed by atoms with E-state index < -0.39 is 17.7 Å². The van der Waals surface area contributed by atoms with E-state index in [1.165, 1.54) is 12.1 Å². The fourth-order valence-corrected chi connectivity index (χ4v) is 0.972. The van der Waals surface area contributed by atoms with Gasteiger partial charge in [-0.25, -0.2) is 8.78 Å². The zero-order chi connectivity index (χ0) is 10.7. The van der Waals surface area contributed by atoms with Crippen molar-refractivity contribution in [1.29, 1.82) is 0 Å². The van der Waals surface area contributed by atoms with Crippen molar-refractivity contribution < 1.29 is 13.9 Å². The van der Waals surface area contributed by atoms with Gasteiger partial charge in [-0.2, -0.15) is 0 Å². The average molecular weight is 201 g/mol. The Hall–Kier alpha value is -1.16. The van der Waals surface area contributed by atoms with Crippen LogP contribution in [-0.2, 0) is 0 Å². The molecule has 14 heavy (non-hydrogen) atoms. The van der Waals surface area contributed by atoms with Crippen molar-refractivity contribution in [2.24, 2.45) is 0 Å². The molecule has 0 aliphatic rings. The maximum absolute atomic E-state index is 13.1. The van der Waals surface area contributed by atoms with Gasteiger partial charge in [-0.3, -0.25) is 0 Å². The summed E-state index contributed by atoms with van der Waals surface area (Å²) in [5, 5.41) is 11.9. The summed E-state index contributed by atoms with van der Waals surface area (Å²) < 4.78 is 25.6. The highest BCUT2D eigenvalue weighted by Crippen LogP contribution is 2.16. The Morgan fingerprint density at radius 3 is 2.43 bits per heavy atom. The molecule has 1 aromatic rings. The molecule has 1 aromatic carbocycles. The van der Waals surface area contributed by atoms with Gasteiger partial charge in [0.2, 0.25) is 0 Å². The average Bonchev–Trinajstić information content (AvgIpc) is 2.09. The summed E-state index contributed by atoms with van der Waals surface area (Å²) in [5.41, 5.74) is 0.194. The minimum absolute atomic E-state index is 0.194. The third-order valence-electron chi connectivity index (χ3n) is 2.04. The Kier molecular flexibility index (Phi) is 3.41. The lowest BCUT2D eigenvalue weighted by Gasteiger charge is -2.18. The van der Waals surface area contributed by atoms with Crippen molar-refractivity contribution in [3.8, 4) is 0 Å². The minimum Gasteiger partial charge on any atom is -0.391 e. The first-order valence-corrected chi connectivity index (χ1v) is 4.40. The summed E-state index contributed by atoms with van der Waals surface area (Å²) in [7, 11) is 0. The summed E-state index contributed by atoms with van der Waals surface area (Å²) >= 11 is 0. The topological polar surface area (TPSA) is 32.3 Å². The third kappa shape index (κ3) is 2.67. The van der Waals surface area contributed by atoms with Crippen LogP contribution in [0.4, 0.5) is 14.5 Å². The molecule has 78 valence electrons. The predicted molar refractivity (Wildman–Crippen MR) is 51.1 cm³/mol. The Labute approximate surface area is 81.6 Å². The predicted octanol–water partition coefficient (Wildman–Crippen LogP) is 2.15. The lowest BCUT2D eigenvalue weighted by atomic mass is 10.2. The Morgan fingerprint density at radius 2 is 1.93 bits per heavy atom. The number of benzene rings is 1. The monoisotopic (exact) mass is 201 g/mol. The molecule has 0 fully saturated rings. The smallest absolute Gasteiger partial charge is 0.149 e. The largest absolute Gasteiger partial charge is 0.391 e. The van der Waals surface area contributed by atoms with Crippen LogP contribution >= 0.6 is 0 Å². The summed E-state index contributed by atoms with van der Waals surface area (Å²) in [4.78, 5) is 0. The molecule has 0 amide bonds. The van der Waals surface area contributed by atoms with Gasteiger partial charge >= 0.3 is 0 Å². The molecule has 0 radical (unpaired) electrons. The van der Waals surface area contributed by atoms with Crippen molar-refractivity contribution in [1.82, 2.24) is 0 Å². The minimum atomic E-state index is -0.655. The molecule has 2 N–H and O–H groups in total. The van der Waals surface area contributed by atoms with Crippen LogP contribution in [0.2, 0.25) is 0 Å². The third-order valence-corrected chi connectivity index (χ3v) is 2.04. The van der Waals surface area contributed by atoms with Crippen LogP contribution in [0, 0.1) is 11.6 Å². The van der Waals surface area contributed by atoms with E-state index in [0.29, 0.717) is 0 Å². The van der Waals surface area contributed by atoms with Gasteiger partial charge in [0, 0.05) is 12.1 Å². The molecule has 0 aromatic heterocycles. The number of anilines is 1. The lowest BCUT2D eigenvalue weighted by Crippen LogP contribution is -2.28. The number of hydrogen-bond acceptors (Lipinski definition) is 2. The van der Waals surface area contributed by atoms with Crippen LogP contribution in [0.15, 0.2) is 18.2 Å². The van der Waals surface area contributed by atoms with Crippen molar-refractivity contribution in [2.45, 2.75) is 26.0 Å². The summed E-state index contributed by atoms with van der Waals surface area (Å²) in [5.74, 6) is -1.27. The Morgan fingerprint density at radius 1 is 1.29 bits per heavy atom. The zero-order valence-electron chi connectivity index (χ0n) is 8.09. The van der Waals surface area contributed by atoms with Crippen LogP contribution in [0.25, 0.3) is 0 Å². The highest BCUT2D eigenvalue weighted by Gasteiger charge is 2.11. The molecule has 0 heterocycles. The van der Waals surface area contributed by atoms with E-state index >= 15 is 0 Å². The summed E-state index contributed by atoms with van der Waals surface area (Å²) in [6, 6.07) is 3.00. The van der Waals surface area contributed by atoms with Crippen molar-refractivity contribution in [3.63, 3.8) is 0 Å². The van der Waals surface area contributed by atoms with Crippen LogP contribution in [0.3, 0.4) is 0 Å². The molecule has 0 saturated carbocycles. The van der Waals surface area contributed by atoms with Gasteiger partial charge in [0.25, 0.3) is 0 Å². The van der Waals surface area contributed by atoms with Crippen molar-refractivity contribution in [2.75, 3.05) is 5.32 Å². The first kappa shape index (κ1) is 10.9. The van der Waals surface area contributed by atoms with Gasteiger partial charge in [0.1, 0.15) is 11.6 Å². The number of halogens is 2. The maximum atomic E-state index is 13.1. The fraction of sp³-hybridized carbons (Fsp3) is 0.400. The van der Waals surface area contributed by atoms with Gasteiger partial charge in [-0.15, -0.1) is 0 Å². The second kappa shape index (κ2) is 4.37. The van der Waals surface area contributed by atoms with Crippen LogP contribution in [0.1, 0.15) is 13.8 Å². The molecular weight excluding hydrogens is 188 g/mol. The molecule has 2 atom stereocenters. The van der Waals surface area contributed by atoms with Crippen molar-refractivity contribution in [3.05, 3.63) is 29.8 Å². The summed E-state index contributed by atoms with van der Waals surface area (Å²) in [6.07, 6.45) is -0.598. The highest BCUT2D eigenvalue weighted by molar-refractivity contribution is 5.45. The molecule has 4 heteroatoms. The van der Waals surface area contributed by atoms with E-state index in [0.717, 1.165) is 6.07 Å². The number of nitrogens with one attached hydrogen (secondary N) is 1. The summed E-state index contributed by atoms with van der Waals surface area (Å²) in [6.45, 7) is 3.31. The van der Waals surface area contributed by atoms with E-state index in [1.54, 1.807) is 13.8 Å². The SMILES string of the molecule is CC(O)C(C)Nc1ccc(F)cc1F. The van der Waals surface area contributed by atoms with Gasteiger partial charge < -0.3 is 10.4 Å². The number of aliphatic hydroxyl groups excluding tert-OH is 1. The Bertz CT molecular complexity index is 315. The highest BCUT2D eigenvalue weighted by atomic mass is 19.1. The first-order valence-electron chi connectivity index (χ1n) is 4.40. The normalized spacial score (nSPS) is 14.9. The zero-order valence-corrected chi connectivity index (χ0v) is 8.09. The number of rotatable bonds is 3. The van der Waals surface area contributed by atoms with Crippen molar-refractivity contribution >= 4 is 5.69 Å². The van der Waals surface area contributed by atoms with Gasteiger partial charge in [-0.05, 0) is 26.0 Å². The molecule has 0 aliphatic carbocycles. The molecule has 2 nitrogen and oxygen atoms in total. The molecule has 0 aliphatic heterocycles. The maximum Gasteiger partial charge on any atom is 0.149 e. The van der Waals surface area contributed by atoms with E-state index in [-0.39, 0.29) is 11.7 Å². The molecule has 2 unspecified atom stereocenters. The van der Waals surface area contributed by atoms with Gasteiger partial charge in [0.05, 0.1) is 11.8 Å². The lowest BCUT2D eigenvalue weighted by molar-refractivity contribution is 0.177. The van der Waals surface area contributed by atoms with E-state index in [2.05, 4.69) is 5.32 Å². The molecular formula is C10H13F2NO. The van der Waals surface area contributed by atoms with E-state index in [4.69, 9.17) is 5.11 Å². The quantitative estimate of drug-likeness (QED) is 0.785. The number of hydrogen-bond donors (Lipinski definition) is 2. The van der Waals surface area contributed by atoms with Crippen LogP contribution < -0.4 is 5.32 Å². The molecule has 0 saturated heterocycles. The van der Waals surface area contributed by atoms with Crippen LogP contribution in [-0.4, -0.2) is 17.3 Å². The van der Waals surface area contributed by atoms with Gasteiger partial charge in [-0.1, -0.05) is 0 Å². The molecule has 1 rings (SSSR count). The Balaban J connectivity index is 2.77. The second-order valence-corrected chi connectivity index (χ2v) is 3.30. The first-order chi connectivity index (χ1) is 6.50. The van der Waals surface area contributed by atoms with E-state index in [1.807, 2.05) is 0 Å². The fourth-order valence-electron chi connectivity index (χ4n) is 0.972. The standard InChI is InChI=1S/C10H13F2NO/c1-6(7(2)14)13-10-4-3-8(11)5-9(10)12/h3-7,13-14H,1-2H3. The van der Waals surface area contributed by atoms with Crippen LogP contribution in [0.5, 0.6) is 0 Å². The van der Waals surface area contributed by atoms with E-state index in [9.17, 15) is 8.78 Å². The molecule has 0 spiro atoms. The van der Waals surface area contributed by atoms with Gasteiger partial charge in [0.15, 0.2) is 0 Å². The molecule has 0 bridgehead atoms.